The first-order valence-corrected chi connectivity index (χ1v) is 12.4. The maximum absolute atomic E-state index is 11.8. The fourth-order valence-electron chi connectivity index (χ4n) is 3.48. The molecule has 0 bridgehead atoms. The van der Waals surface area contributed by atoms with Gasteiger partial charge in [-0.2, -0.15) is 8.42 Å². The van der Waals surface area contributed by atoms with Crippen molar-refractivity contribution in [3.8, 4) is 17.2 Å². The molecule has 5 nitrogen and oxygen atoms in total. The molecule has 2 rings (SSSR count). The van der Waals surface area contributed by atoms with Crippen molar-refractivity contribution in [2.75, 3.05) is 0 Å². The van der Waals surface area contributed by atoms with Crippen molar-refractivity contribution in [2.45, 2.75) is 82.4 Å². The van der Waals surface area contributed by atoms with Crippen molar-refractivity contribution in [2.24, 2.45) is 0 Å². The van der Waals surface area contributed by atoms with Crippen LogP contribution >= 0.6 is 0 Å². The summed E-state index contributed by atoms with van der Waals surface area (Å²) in [5.74, 6) is 0.00301. The molecule has 0 spiro atoms. The minimum Gasteiger partial charge on any atom is -0.872 e. The molecular weight excluding hydrogens is 439 g/mol. The van der Waals surface area contributed by atoms with Gasteiger partial charge < -0.3 is 9.84 Å². The van der Waals surface area contributed by atoms with Gasteiger partial charge in [0.15, 0.2) is 0 Å². The minimum absolute atomic E-state index is 0. The predicted molar refractivity (Wildman–Crippen MR) is 118 cm³/mol. The summed E-state index contributed by atoms with van der Waals surface area (Å²) in [5, 5.41) is 11.4. The fraction of sp³-hybridized carbons (Fsp3) is 0.500. The van der Waals surface area contributed by atoms with E-state index in [-0.39, 0.29) is 73.5 Å². The molecule has 166 valence electrons. The Balaban J connectivity index is 0.00000480. The van der Waals surface area contributed by atoms with Crippen LogP contribution in [0.2, 0.25) is 0 Å². The Morgan fingerprint density at radius 3 is 2.06 bits per heavy atom. The summed E-state index contributed by atoms with van der Waals surface area (Å²) in [6.07, 6.45) is 13.1. The number of hydrogen-bond donors (Lipinski definition) is 1. The van der Waals surface area contributed by atoms with Crippen LogP contribution in [0.15, 0.2) is 47.4 Å². The van der Waals surface area contributed by atoms with Crippen molar-refractivity contribution in [1.29, 1.82) is 0 Å². The van der Waals surface area contributed by atoms with Crippen LogP contribution < -0.4 is 61.2 Å². The second-order valence-corrected chi connectivity index (χ2v) is 9.16. The Kier molecular flexibility index (Phi) is 14.2. The second-order valence-electron chi connectivity index (χ2n) is 7.77. The Morgan fingerprint density at radius 2 is 1.48 bits per heavy atom. The van der Waals surface area contributed by atoms with Gasteiger partial charge in [0.05, 0.1) is 0 Å². The van der Waals surface area contributed by atoms with E-state index < -0.39 is 10.1 Å². The first kappa shape index (κ1) is 28.6. The molecule has 0 saturated carbocycles. The minimum atomic E-state index is -4.44. The summed E-state index contributed by atoms with van der Waals surface area (Å²) in [6, 6.07) is 10.5. The third-order valence-corrected chi connectivity index (χ3v) is 6.01. The van der Waals surface area contributed by atoms with Crippen LogP contribution in [0.1, 0.15) is 76.7 Å². The first-order chi connectivity index (χ1) is 14.4. The van der Waals surface area contributed by atoms with Gasteiger partial charge in [-0.1, -0.05) is 82.9 Å². The zero-order valence-electron chi connectivity index (χ0n) is 18.8. The van der Waals surface area contributed by atoms with E-state index in [4.69, 9.17) is 4.74 Å². The Morgan fingerprint density at radius 1 is 0.871 bits per heavy atom. The van der Waals surface area contributed by atoms with Crippen LogP contribution in [-0.2, 0) is 16.5 Å². The smallest absolute Gasteiger partial charge is 0.872 e. The normalized spacial score (nSPS) is 11.2. The van der Waals surface area contributed by atoms with E-state index in [1.807, 2.05) is 0 Å². The van der Waals surface area contributed by atoms with Gasteiger partial charge in [-0.25, -0.2) is 0 Å². The van der Waals surface area contributed by atoms with Crippen molar-refractivity contribution in [3.63, 3.8) is 0 Å². The van der Waals surface area contributed by atoms with Crippen LogP contribution in [-0.4, -0.2) is 13.0 Å². The molecule has 0 aliphatic rings. The van der Waals surface area contributed by atoms with E-state index in [0.29, 0.717) is 0 Å². The molecule has 0 aliphatic heterocycles. The third-order valence-electron chi connectivity index (χ3n) is 5.14. The first-order valence-electron chi connectivity index (χ1n) is 11.0. The summed E-state index contributed by atoms with van der Waals surface area (Å²) >= 11 is 0. The third kappa shape index (κ3) is 11.3. The summed E-state index contributed by atoms with van der Waals surface area (Å²) in [5.41, 5.74) is 0.840. The van der Waals surface area contributed by atoms with E-state index in [9.17, 15) is 18.1 Å². The summed E-state index contributed by atoms with van der Waals surface area (Å²) in [6.45, 7) is 2.23. The molecule has 7 heteroatoms. The number of benzene rings is 2. The van der Waals surface area contributed by atoms with E-state index in [0.717, 1.165) is 24.8 Å². The topological polar surface area (TPSA) is 86.7 Å². The second kappa shape index (κ2) is 15.4. The molecule has 0 aliphatic carbocycles. The van der Waals surface area contributed by atoms with Gasteiger partial charge in [0.1, 0.15) is 16.4 Å². The van der Waals surface area contributed by atoms with Gasteiger partial charge in [0.2, 0.25) is 0 Å². The molecule has 31 heavy (non-hydrogen) atoms. The van der Waals surface area contributed by atoms with Crippen LogP contribution in [0.5, 0.6) is 17.2 Å². The number of rotatable bonds is 14. The summed E-state index contributed by atoms with van der Waals surface area (Å²) in [7, 11) is -4.44. The zero-order chi connectivity index (χ0) is 21.8. The largest absolute Gasteiger partial charge is 1.00 e. The number of unbranched alkanes of at least 4 members (excludes halogenated alkanes) is 9. The van der Waals surface area contributed by atoms with Gasteiger partial charge in [-0.15, -0.1) is 5.75 Å². The molecule has 0 saturated heterocycles. The average Bonchev–Trinajstić information content (AvgIpc) is 2.69. The van der Waals surface area contributed by atoms with E-state index in [1.165, 1.54) is 81.7 Å². The maximum Gasteiger partial charge on any atom is 1.00 e. The van der Waals surface area contributed by atoms with Gasteiger partial charge >= 0.3 is 51.4 Å². The van der Waals surface area contributed by atoms with Crippen LogP contribution in [0.25, 0.3) is 0 Å². The SMILES string of the molecule is CCCCCCCCCCCCc1ccc(Oc2cccc([O-])c2)c(S(=O)(=O)O)c1.[K+]. The molecule has 2 aromatic rings. The molecule has 0 aromatic heterocycles. The predicted octanol–water partition coefficient (Wildman–Crippen LogP) is 3.27. The average molecular weight is 473 g/mol. The van der Waals surface area contributed by atoms with E-state index in [2.05, 4.69) is 6.92 Å². The van der Waals surface area contributed by atoms with E-state index in [1.54, 1.807) is 12.1 Å². The monoisotopic (exact) mass is 472 g/mol. The zero-order valence-corrected chi connectivity index (χ0v) is 22.7. The Hall–Kier alpha value is -0.414. The van der Waals surface area contributed by atoms with Crippen molar-refractivity contribution < 1.29 is 74.2 Å². The quantitative estimate of drug-likeness (QED) is 0.259. The molecule has 0 radical (unpaired) electrons. The molecule has 0 atom stereocenters. The molecule has 2 aromatic carbocycles. The van der Waals surface area contributed by atoms with Crippen molar-refractivity contribution in [1.82, 2.24) is 0 Å². The molecule has 0 amide bonds. The Bertz CT molecular complexity index is 883. The molecular formula is C24H33KO5S. The van der Waals surface area contributed by atoms with Gasteiger partial charge in [0, 0.05) is 0 Å². The van der Waals surface area contributed by atoms with Crippen LogP contribution in [0, 0.1) is 0 Å². The molecule has 0 heterocycles. The number of ether oxygens (including phenoxy) is 1. The van der Waals surface area contributed by atoms with Gasteiger partial charge in [-0.3, -0.25) is 4.55 Å². The maximum atomic E-state index is 11.8. The molecule has 0 unspecified atom stereocenters. The summed E-state index contributed by atoms with van der Waals surface area (Å²) in [4.78, 5) is -0.275. The summed E-state index contributed by atoms with van der Waals surface area (Å²) < 4.78 is 38.8. The number of hydrogen-bond acceptors (Lipinski definition) is 4. The molecule has 0 fully saturated rings. The number of aryl methyl sites for hydroxylation is 1. The van der Waals surface area contributed by atoms with Gasteiger partial charge in [0.25, 0.3) is 10.1 Å². The van der Waals surface area contributed by atoms with E-state index >= 15 is 0 Å². The Labute approximate surface area is 229 Å². The fourth-order valence-corrected chi connectivity index (χ4v) is 4.14. The van der Waals surface area contributed by atoms with Crippen molar-refractivity contribution in [3.05, 3.63) is 48.0 Å². The van der Waals surface area contributed by atoms with Gasteiger partial charge in [-0.05, 0) is 42.7 Å². The van der Waals surface area contributed by atoms with Crippen LogP contribution in [0.4, 0.5) is 0 Å². The molecule has 1 N–H and O–H groups in total. The van der Waals surface area contributed by atoms with Crippen LogP contribution in [0.3, 0.4) is 0 Å². The van der Waals surface area contributed by atoms with Crippen molar-refractivity contribution >= 4 is 10.1 Å². The standard InChI is InChI=1S/C24H34O5S.K/c1-2-3-4-5-6-7-8-9-10-11-13-20-16-17-23(24(18-20)30(26,27)28)29-22-15-12-14-21(25)19-22;/h12,14-19,25H,2-11,13H2,1H3,(H,26,27,28);/q;+1/p-1.